The molecule has 68 valence electrons. The van der Waals surface area contributed by atoms with E-state index in [2.05, 4.69) is 5.92 Å². The SMILES string of the molecule is O=C(O)C#Cc1ccc(Cl)cc1Cl.[H-].[K+]. The molecule has 0 aliphatic carbocycles. The second-order valence-corrected chi connectivity index (χ2v) is 3.02. The predicted octanol–water partition coefficient (Wildman–Crippen LogP) is -0.454. The maximum Gasteiger partial charge on any atom is 1.00 e. The molecule has 5 heteroatoms. The van der Waals surface area contributed by atoms with Gasteiger partial charge in [-0.15, -0.1) is 0 Å². The van der Waals surface area contributed by atoms with Gasteiger partial charge in [0.2, 0.25) is 0 Å². The molecule has 0 spiro atoms. The van der Waals surface area contributed by atoms with Crippen molar-refractivity contribution < 1.29 is 62.7 Å². The van der Waals surface area contributed by atoms with E-state index in [4.69, 9.17) is 28.3 Å². The van der Waals surface area contributed by atoms with Gasteiger partial charge in [-0.1, -0.05) is 29.1 Å². The first-order valence-electron chi connectivity index (χ1n) is 3.29. The molecule has 2 nitrogen and oxygen atoms in total. The summed E-state index contributed by atoms with van der Waals surface area (Å²) in [6.07, 6.45) is 0. The van der Waals surface area contributed by atoms with Gasteiger partial charge in [-0.25, -0.2) is 4.79 Å². The molecule has 1 rings (SSSR count). The molecule has 0 aliphatic heterocycles. The maximum atomic E-state index is 10.1. The van der Waals surface area contributed by atoms with Crippen LogP contribution >= 0.6 is 23.2 Å². The van der Waals surface area contributed by atoms with E-state index >= 15 is 0 Å². The van der Waals surface area contributed by atoms with Gasteiger partial charge in [0.05, 0.1) is 5.02 Å². The fourth-order valence-corrected chi connectivity index (χ4v) is 1.17. The van der Waals surface area contributed by atoms with Gasteiger partial charge in [-0.3, -0.25) is 0 Å². The Balaban J connectivity index is 0. The van der Waals surface area contributed by atoms with E-state index in [1.54, 1.807) is 12.1 Å². The maximum absolute atomic E-state index is 10.1. The van der Waals surface area contributed by atoms with Gasteiger partial charge in [0, 0.05) is 16.5 Å². The summed E-state index contributed by atoms with van der Waals surface area (Å²) in [4.78, 5) is 10.1. The van der Waals surface area contributed by atoms with Gasteiger partial charge in [-0.05, 0) is 18.2 Å². The van der Waals surface area contributed by atoms with Crippen molar-refractivity contribution in [3.63, 3.8) is 0 Å². The fraction of sp³-hybridized carbons (Fsp3) is 0. The number of benzene rings is 1. The number of carbonyl (C=O) groups is 1. The molecule has 0 radical (unpaired) electrons. The zero-order chi connectivity index (χ0) is 9.84. The summed E-state index contributed by atoms with van der Waals surface area (Å²) in [5.41, 5.74) is 0.452. The summed E-state index contributed by atoms with van der Waals surface area (Å²) < 4.78 is 0. The summed E-state index contributed by atoms with van der Waals surface area (Å²) in [6.45, 7) is 0. The predicted molar refractivity (Wildman–Crippen MR) is 52.1 cm³/mol. The van der Waals surface area contributed by atoms with Crippen molar-refractivity contribution in [3.8, 4) is 11.8 Å². The van der Waals surface area contributed by atoms with E-state index in [-0.39, 0.29) is 52.8 Å². The minimum absolute atomic E-state index is 0. The first-order valence-corrected chi connectivity index (χ1v) is 4.05. The van der Waals surface area contributed by atoms with Crippen molar-refractivity contribution in [2.24, 2.45) is 0 Å². The zero-order valence-corrected chi connectivity index (χ0v) is 12.0. The monoisotopic (exact) mass is 254 g/mol. The van der Waals surface area contributed by atoms with Crippen molar-refractivity contribution >= 4 is 29.2 Å². The molecule has 0 aliphatic rings. The molecule has 0 heterocycles. The molecule has 0 unspecified atom stereocenters. The van der Waals surface area contributed by atoms with Crippen LogP contribution in [0.4, 0.5) is 0 Å². The van der Waals surface area contributed by atoms with Crippen LogP contribution in [-0.4, -0.2) is 11.1 Å². The van der Waals surface area contributed by atoms with Crippen LogP contribution in [0.15, 0.2) is 18.2 Å². The van der Waals surface area contributed by atoms with Crippen molar-refractivity contribution in [2.45, 2.75) is 0 Å². The molecule has 0 saturated heterocycles. The van der Waals surface area contributed by atoms with E-state index in [9.17, 15) is 4.79 Å². The summed E-state index contributed by atoms with van der Waals surface area (Å²) >= 11 is 11.4. The van der Waals surface area contributed by atoms with E-state index in [0.29, 0.717) is 15.6 Å². The van der Waals surface area contributed by atoms with E-state index in [1.807, 2.05) is 5.92 Å². The number of rotatable bonds is 0. The number of carboxylic acids is 1. The number of carboxylic acid groups (broad SMARTS) is 1. The molecular formula is C9H5Cl2KO2. The van der Waals surface area contributed by atoms with Crippen LogP contribution in [0, 0.1) is 11.8 Å². The molecule has 0 aromatic heterocycles. The molecule has 14 heavy (non-hydrogen) atoms. The first kappa shape index (κ1) is 14.5. The van der Waals surface area contributed by atoms with Gasteiger partial charge >= 0.3 is 57.4 Å². The van der Waals surface area contributed by atoms with Gasteiger partial charge < -0.3 is 6.53 Å². The Morgan fingerprint density at radius 3 is 2.57 bits per heavy atom. The van der Waals surface area contributed by atoms with Gasteiger partial charge in [-0.2, -0.15) is 0 Å². The molecular weight excluding hydrogens is 250 g/mol. The van der Waals surface area contributed by atoms with Gasteiger partial charge in [0.25, 0.3) is 0 Å². The summed E-state index contributed by atoms with van der Waals surface area (Å²) in [5, 5.41) is 9.12. The van der Waals surface area contributed by atoms with Crippen LogP contribution in [0.2, 0.25) is 10.0 Å². The minimum Gasteiger partial charge on any atom is -1.00 e. The van der Waals surface area contributed by atoms with Crippen LogP contribution < -0.4 is 51.4 Å². The van der Waals surface area contributed by atoms with Crippen molar-refractivity contribution in [1.82, 2.24) is 0 Å². The number of hydrogen-bond acceptors (Lipinski definition) is 1. The molecule has 0 fully saturated rings. The zero-order valence-electron chi connectivity index (χ0n) is 8.34. The molecule has 1 N–H and O–H groups in total. The third-order valence-electron chi connectivity index (χ3n) is 1.24. The van der Waals surface area contributed by atoms with Crippen LogP contribution in [0.5, 0.6) is 0 Å². The molecule has 0 saturated carbocycles. The normalized spacial score (nSPS) is 8.14. The Hall–Kier alpha value is 0.466. The van der Waals surface area contributed by atoms with Gasteiger partial charge in [0.1, 0.15) is 0 Å². The third kappa shape index (κ3) is 4.81. The summed E-state index contributed by atoms with van der Waals surface area (Å²) in [5.74, 6) is 3.17. The second kappa shape index (κ2) is 6.86. The molecule has 1 aromatic rings. The number of halogens is 2. The van der Waals surface area contributed by atoms with Crippen molar-refractivity contribution in [2.75, 3.05) is 0 Å². The van der Waals surface area contributed by atoms with Crippen LogP contribution in [0.1, 0.15) is 6.99 Å². The summed E-state index contributed by atoms with van der Waals surface area (Å²) in [7, 11) is 0. The average Bonchev–Trinajstić information content (AvgIpc) is 2.02. The second-order valence-electron chi connectivity index (χ2n) is 2.18. The fourth-order valence-electron chi connectivity index (χ4n) is 0.712. The third-order valence-corrected chi connectivity index (χ3v) is 1.78. The Bertz CT molecular complexity index is 412. The summed E-state index contributed by atoms with van der Waals surface area (Å²) in [6, 6.07) is 4.68. The molecule has 0 amide bonds. The quantitative estimate of drug-likeness (QED) is 0.503. The number of hydrogen-bond donors (Lipinski definition) is 1. The smallest absolute Gasteiger partial charge is 1.00 e. The van der Waals surface area contributed by atoms with Crippen LogP contribution in [0.3, 0.4) is 0 Å². The number of aliphatic carboxylic acids is 1. The Morgan fingerprint density at radius 1 is 1.43 bits per heavy atom. The Labute approximate surface area is 135 Å². The van der Waals surface area contributed by atoms with Crippen LogP contribution in [-0.2, 0) is 4.79 Å². The molecule has 1 aromatic carbocycles. The van der Waals surface area contributed by atoms with Gasteiger partial charge in [0.15, 0.2) is 0 Å². The molecule has 0 atom stereocenters. The standard InChI is InChI=1S/C9H4Cl2O2.K.H/c10-7-3-1-6(8(11)5-7)2-4-9(12)13;;/h1,3,5H,(H,12,13);;/q;+1;-1. The van der Waals surface area contributed by atoms with Crippen molar-refractivity contribution in [1.29, 1.82) is 0 Å². The Kier molecular flexibility index (Phi) is 7.09. The van der Waals surface area contributed by atoms with Crippen LogP contribution in [0.25, 0.3) is 0 Å². The minimum atomic E-state index is -1.19. The first-order chi connectivity index (χ1) is 6.09. The van der Waals surface area contributed by atoms with E-state index < -0.39 is 5.97 Å². The van der Waals surface area contributed by atoms with E-state index in [1.165, 1.54) is 6.07 Å². The van der Waals surface area contributed by atoms with Crippen molar-refractivity contribution in [3.05, 3.63) is 33.8 Å². The Morgan fingerprint density at radius 2 is 2.07 bits per heavy atom. The average molecular weight is 255 g/mol. The van der Waals surface area contributed by atoms with E-state index in [0.717, 1.165) is 0 Å². The topological polar surface area (TPSA) is 37.3 Å². The largest absolute Gasteiger partial charge is 1.00 e. The molecule has 0 bridgehead atoms.